The highest BCUT2D eigenvalue weighted by molar-refractivity contribution is 5.80. The number of benzene rings is 1. The molecule has 92 valence electrons. The van der Waals surface area contributed by atoms with Gasteiger partial charge in [-0.05, 0) is 31.5 Å². The summed E-state index contributed by atoms with van der Waals surface area (Å²) in [6.07, 6.45) is -0.107. The number of hydrogen-bond donors (Lipinski definition) is 1. The highest BCUT2D eigenvalue weighted by Gasteiger charge is 2.12. The zero-order valence-corrected chi connectivity index (χ0v) is 10.3. The summed E-state index contributed by atoms with van der Waals surface area (Å²) in [7, 11) is 1.57. The number of nitrogens with one attached hydrogen (secondary N) is 1. The quantitative estimate of drug-likeness (QED) is 0.837. The number of amides is 1. The molecule has 1 aromatic carbocycles. The van der Waals surface area contributed by atoms with Gasteiger partial charge in [-0.1, -0.05) is 12.1 Å². The second-order valence-electron chi connectivity index (χ2n) is 3.90. The molecule has 0 heterocycles. The Balaban J connectivity index is 2.62. The molecule has 1 aromatic rings. The molecule has 0 spiro atoms. The van der Waals surface area contributed by atoms with Crippen LogP contribution in [0.2, 0.25) is 0 Å². The number of likely N-dealkylation sites (N-methyl/N-ethyl adjacent to an activating group) is 1. The molecular formula is C13H17NO3. The Bertz CT molecular complexity index is 398. The lowest BCUT2D eigenvalue weighted by molar-refractivity contribution is -0.126. The number of ether oxygens (including phenoxy) is 1. The van der Waals surface area contributed by atoms with Crippen LogP contribution < -0.4 is 10.1 Å². The van der Waals surface area contributed by atoms with Gasteiger partial charge >= 0.3 is 0 Å². The van der Waals surface area contributed by atoms with Crippen LogP contribution >= 0.6 is 0 Å². The van der Waals surface area contributed by atoms with E-state index in [4.69, 9.17) is 4.74 Å². The van der Waals surface area contributed by atoms with Crippen molar-refractivity contribution in [2.45, 2.75) is 26.4 Å². The molecular weight excluding hydrogens is 218 g/mol. The first kappa shape index (κ1) is 13.2. The molecule has 0 aliphatic heterocycles. The normalized spacial score (nSPS) is 11.7. The van der Waals surface area contributed by atoms with E-state index in [0.29, 0.717) is 12.2 Å². The van der Waals surface area contributed by atoms with Crippen molar-refractivity contribution in [3.05, 3.63) is 29.8 Å². The van der Waals surface area contributed by atoms with Crippen LogP contribution in [0.3, 0.4) is 0 Å². The zero-order chi connectivity index (χ0) is 12.8. The van der Waals surface area contributed by atoms with Crippen LogP contribution in [-0.4, -0.2) is 24.8 Å². The van der Waals surface area contributed by atoms with E-state index in [2.05, 4.69) is 5.32 Å². The highest BCUT2D eigenvalue weighted by atomic mass is 16.5. The summed E-state index contributed by atoms with van der Waals surface area (Å²) < 4.78 is 5.43. The van der Waals surface area contributed by atoms with Gasteiger partial charge in [-0.3, -0.25) is 9.59 Å². The molecule has 1 N–H and O–H groups in total. The summed E-state index contributed by atoms with van der Waals surface area (Å²) in [5, 5.41) is 2.51. The number of rotatable bonds is 5. The second kappa shape index (κ2) is 6.03. The molecule has 0 saturated carbocycles. The van der Waals surface area contributed by atoms with Gasteiger partial charge in [0.1, 0.15) is 11.5 Å². The van der Waals surface area contributed by atoms with Gasteiger partial charge in [0.15, 0.2) is 6.10 Å². The molecule has 4 heteroatoms. The maximum Gasteiger partial charge on any atom is 0.260 e. The molecule has 0 aromatic heterocycles. The van der Waals surface area contributed by atoms with Crippen molar-refractivity contribution in [3.63, 3.8) is 0 Å². The summed E-state index contributed by atoms with van der Waals surface area (Å²) in [5.41, 5.74) is 0.942. The summed E-state index contributed by atoms with van der Waals surface area (Å²) in [5.74, 6) is 0.573. The van der Waals surface area contributed by atoms with Gasteiger partial charge in [-0.25, -0.2) is 0 Å². The number of carbonyl (C=O) groups is 2. The predicted molar refractivity (Wildman–Crippen MR) is 65.0 cm³/mol. The summed E-state index contributed by atoms with van der Waals surface area (Å²) >= 11 is 0. The minimum absolute atomic E-state index is 0.123. The van der Waals surface area contributed by atoms with Gasteiger partial charge in [-0.2, -0.15) is 0 Å². The Morgan fingerprint density at radius 3 is 2.35 bits per heavy atom. The van der Waals surface area contributed by atoms with Crippen molar-refractivity contribution in [2.24, 2.45) is 0 Å². The third-order valence-electron chi connectivity index (χ3n) is 2.30. The first-order valence-electron chi connectivity index (χ1n) is 5.49. The fourth-order valence-electron chi connectivity index (χ4n) is 1.43. The second-order valence-corrected chi connectivity index (χ2v) is 3.90. The number of carbonyl (C=O) groups excluding carboxylic acids is 2. The van der Waals surface area contributed by atoms with Crippen molar-refractivity contribution in [1.29, 1.82) is 0 Å². The van der Waals surface area contributed by atoms with Crippen molar-refractivity contribution in [1.82, 2.24) is 5.32 Å². The third-order valence-corrected chi connectivity index (χ3v) is 2.30. The average Bonchev–Trinajstić information content (AvgIpc) is 2.30. The molecule has 0 aliphatic rings. The van der Waals surface area contributed by atoms with Crippen LogP contribution in [0.1, 0.15) is 19.4 Å². The lowest BCUT2D eigenvalue weighted by Gasteiger charge is -2.13. The summed E-state index contributed by atoms with van der Waals surface area (Å²) in [6, 6.07) is 7.18. The van der Waals surface area contributed by atoms with Gasteiger partial charge in [0, 0.05) is 13.5 Å². The van der Waals surface area contributed by atoms with Crippen LogP contribution in [0, 0.1) is 0 Å². The van der Waals surface area contributed by atoms with Crippen molar-refractivity contribution >= 4 is 11.7 Å². The standard InChI is InChI=1S/C13H17NO3/c1-9(15)8-11-4-6-12(7-5-11)17-10(2)13(16)14-3/h4-7,10H,8H2,1-3H3,(H,14,16). The summed E-state index contributed by atoms with van der Waals surface area (Å²) in [6.45, 7) is 3.24. The van der Waals surface area contributed by atoms with Crippen LogP contribution in [0.25, 0.3) is 0 Å². The van der Waals surface area contributed by atoms with Crippen molar-refractivity contribution in [2.75, 3.05) is 7.05 Å². The maximum atomic E-state index is 11.2. The fraction of sp³-hybridized carbons (Fsp3) is 0.385. The van der Waals surface area contributed by atoms with Gasteiger partial charge in [0.2, 0.25) is 0 Å². The maximum absolute atomic E-state index is 11.2. The zero-order valence-electron chi connectivity index (χ0n) is 10.3. The minimum atomic E-state index is -0.529. The number of hydrogen-bond acceptors (Lipinski definition) is 3. The lowest BCUT2D eigenvalue weighted by Crippen LogP contribution is -2.33. The van der Waals surface area contributed by atoms with E-state index in [1.165, 1.54) is 0 Å². The van der Waals surface area contributed by atoms with Crippen LogP contribution in [-0.2, 0) is 16.0 Å². The Labute approximate surface area is 101 Å². The lowest BCUT2D eigenvalue weighted by atomic mass is 10.1. The topological polar surface area (TPSA) is 55.4 Å². The van der Waals surface area contributed by atoms with Gasteiger partial charge in [-0.15, -0.1) is 0 Å². The van der Waals surface area contributed by atoms with E-state index >= 15 is 0 Å². The smallest absolute Gasteiger partial charge is 0.260 e. The Morgan fingerprint density at radius 2 is 1.88 bits per heavy atom. The van der Waals surface area contributed by atoms with Gasteiger partial charge in [0.25, 0.3) is 5.91 Å². The number of ketones is 1. The number of Topliss-reactive ketones (excluding diaryl/α,β-unsaturated/α-hetero) is 1. The molecule has 1 rings (SSSR count). The Hall–Kier alpha value is -1.84. The van der Waals surface area contributed by atoms with Crippen LogP contribution in [0.4, 0.5) is 0 Å². The molecule has 0 saturated heterocycles. The monoisotopic (exact) mass is 235 g/mol. The van der Waals surface area contributed by atoms with Crippen LogP contribution in [0.15, 0.2) is 24.3 Å². The molecule has 17 heavy (non-hydrogen) atoms. The highest BCUT2D eigenvalue weighted by Crippen LogP contribution is 2.14. The minimum Gasteiger partial charge on any atom is -0.481 e. The van der Waals surface area contributed by atoms with Crippen molar-refractivity contribution < 1.29 is 14.3 Å². The molecule has 0 radical (unpaired) electrons. The summed E-state index contributed by atoms with van der Waals surface area (Å²) in [4.78, 5) is 22.2. The average molecular weight is 235 g/mol. The van der Waals surface area contributed by atoms with Gasteiger partial charge in [0.05, 0.1) is 0 Å². The van der Waals surface area contributed by atoms with E-state index < -0.39 is 6.10 Å². The Kier molecular flexibility index (Phi) is 4.69. The molecule has 4 nitrogen and oxygen atoms in total. The molecule has 0 fully saturated rings. The van der Waals surface area contributed by atoms with E-state index in [9.17, 15) is 9.59 Å². The first-order valence-corrected chi connectivity index (χ1v) is 5.49. The Morgan fingerprint density at radius 1 is 1.29 bits per heavy atom. The van der Waals surface area contributed by atoms with E-state index in [0.717, 1.165) is 5.56 Å². The molecule has 1 amide bonds. The largest absolute Gasteiger partial charge is 0.481 e. The van der Waals surface area contributed by atoms with Crippen LogP contribution in [0.5, 0.6) is 5.75 Å². The van der Waals surface area contributed by atoms with Crippen molar-refractivity contribution in [3.8, 4) is 5.75 Å². The first-order chi connectivity index (χ1) is 8.02. The molecule has 0 bridgehead atoms. The van der Waals surface area contributed by atoms with E-state index in [1.54, 1.807) is 33.0 Å². The van der Waals surface area contributed by atoms with E-state index in [1.807, 2.05) is 12.1 Å². The molecule has 0 aliphatic carbocycles. The predicted octanol–water partition coefficient (Wildman–Crippen LogP) is 1.33. The molecule has 1 unspecified atom stereocenters. The molecule has 1 atom stereocenters. The fourth-order valence-corrected chi connectivity index (χ4v) is 1.43. The third kappa shape index (κ3) is 4.26. The van der Waals surface area contributed by atoms with E-state index in [-0.39, 0.29) is 11.7 Å². The van der Waals surface area contributed by atoms with Gasteiger partial charge < -0.3 is 10.1 Å². The SMILES string of the molecule is CNC(=O)C(C)Oc1ccc(CC(C)=O)cc1.